The Balaban J connectivity index is 0.000000164. The van der Waals surface area contributed by atoms with E-state index in [9.17, 15) is 14.4 Å². The molecule has 0 unspecified atom stereocenters. The van der Waals surface area contributed by atoms with Crippen LogP contribution in [0.4, 0.5) is 23.5 Å². The molecular formula is C44H36N12O4S2. The number of hydrogen-bond acceptors (Lipinski definition) is 16. The van der Waals surface area contributed by atoms with Crippen LogP contribution in [0, 0.1) is 27.3 Å². The van der Waals surface area contributed by atoms with Crippen LogP contribution in [0.5, 0.6) is 0 Å². The lowest BCUT2D eigenvalue weighted by molar-refractivity contribution is 0.0533. The van der Waals surface area contributed by atoms with Crippen molar-refractivity contribution in [3.8, 4) is 45.9 Å². The molecule has 0 fully saturated rings. The van der Waals surface area contributed by atoms with Crippen molar-refractivity contribution in [2.75, 3.05) is 29.5 Å². The van der Waals surface area contributed by atoms with Crippen molar-refractivity contribution in [3.05, 3.63) is 158 Å². The lowest BCUT2D eigenvalue weighted by Crippen LogP contribution is -2.16. The molecule has 0 atom stereocenters. The standard InChI is InChI=1S/C15H14N4O2S.C11H8N4O.C11H8N4S.C7H6O/c1-2-21-14(20)12-10(16)9-11(8-6-4-3-5-7-8)18-15(17)19-13(9)22-12;2*12-6-8-9(7-4-2-1-3-5-7)14-11(13)15-10(8)16;8-6-7-4-2-1-3-5-7/h3-7H,2,16H2,1H3,(H2,17,18,19);2*1-5H,(H3,13,14,15,16);1-6H. The van der Waals surface area contributed by atoms with Crippen molar-refractivity contribution in [1.29, 1.82) is 10.5 Å². The number of nitrogens with zero attached hydrogens (tertiary/aromatic N) is 6. The number of aromatic nitrogens is 6. The monoisotopic (exact) mass is 860 g/mol. The molecule has 0 bridgehead atoms. The highest BCUT2D eigenvalue weighted by atomic mass is 32.1. The molecule has 0 aliphatic carbocycles. The molecule has 0 amide bonds. The number of nitrogen functional groups attached to an aromatic ring is 4. The van der Waals surface area contributed by atoms with Gasteiger partial charge in [0.25, 0.3) is 5.56 Å². The predicted octanol–water partition coefficient (Wildman–Crippen LogP) is 7.35. The summed E-state index contributed by atoms with van der Waals surface area (Å²) in [5.74, 6) is -0.102. The van der Waals surface area contributed by atoms with Crippen molar-refractivity contribution >= 4 is 69.6 Å². The zero-order valence-electron chi connectivity index (χ0n) is 32.8. The molecule has 0 spiro atoms. The first-order chi connectivity index (χ1) is 30.0. The molecule has 8 aromatic rings. The topological polar surface area (TPSA) is 295 Å². The molecule has 4 aromatic heterocycles. The van der Waals surface area contributed by atoms with Gasteiger partial charge in [0.05, 0.1) is 34.8 Å². The maximum Gasteiger partial charge on any atom is 0.350 e. The molecule has 0 aliphatic heterocycles. The fourth-order valence-electron chi connectivity index (χ4n) is 5.54. The van der Waals surface area contributed by atoms with E-state index in [0.29, 0.717) is 49.0 Å². The number of ether oxygens (including phenoxy) is 1. The molecule has 0 saturated heterocycles. The molecular weight excluding hydrogens is 825 g/mol. The Bertz CT molecular complexity index is 2910. The summed E-state index contributed by atoms with van der Waals surface area (Å²) in [7, 11) is 0. The number of aldehydes is 1. The second-order valence-electron chi connectivity index (χ2n) is 12.4. The van der Waals surface area contributed by atoms with E-state index in [4.69, 9.17) is 50.4 Å². The Hall–Kier alpha value is -8.58. The average molecular weight is 861 g/mol. The van der Waals surface area contributed by atoms with E-state index in [-0.39, 0.29) is 34.7 Å². The van der Waals surface area contributed by atoms with Gasteiger partial charge in [-0.15, -0.1) is 11.3 Å². The van der Waals surface area contributed by atoms with Gasteiger partial charge in [-0.25, -0.2) is 24.7 Å². The number of thiophene rings is 1. The number of esters is 1. The highest BCUT2D eigenvalue weighted by molar-refractivity contribution is 7.71. The first-order valence-electron chi connectivity index (χ1n) is 18.3. The predicted molar refractivity (Wildman–Crippen MR) is 243 cm³/mol. The summed E-state index contributed by atoms with van der Waals surface area (Å²) in [6.45, 7) is 2.03. The number of carbonyl (C=O) groups excluding carboxylic acids is 2. The molecule has 16 nitrogen and oxygen atoms in total. The SMILES string of the molecule is CCOC(=O)c1sc2nc(N)nc(-c3ccccc3)c2c1N.N#Cc1c(-c2ccccc2)[nH]c(N)nc1=S.N#Cc1c(-c2ccccc2)nc(N)[nH]c1=O.O=Cc1ccccc1. The number of nitrogens with one attached hydrogen (secondary N) is 2. The van der Waals surface area contributed by atoms with Crippen LogP contribution in [0.25, 0.3) is 44.0 Å². The highest BCUT2D eigenvalue weighted by Crippen LogP contribution is 2.39. The van der Waals surface area contributed by atoms with Gasteiger partial charge in [-0.1, -0.05) is 134 Å². The molecule has 8 rings (SSSR count). The fourth-order valence-corrected chi connectivity index (χ4v) is 6.78. The zero-order chi connectivity index (χ0) is 44.6. The van der Waals surface area contributed by atoms with Crippen LogP contribution in [-0.4, -0.2) is 48.8 Å². The molecule has 18 heteroatoms. The average Bonchev–Trinajstić information content (AvgIpc) is 3.63. The van der Waals surface area contributed by atoms with Crippen molar-refractivity contribution in [2.45, 2.75) is 6.92 Å². The minimum absolute atomic E-state index is 0.00264. The van der Waals surface area contributed by atoms with Gasteiger partial charge in [-0.05, 0) is 12.5 Å². The minimum Gasteiger partial charge on any atom is -0.462 e. The van der Waals surface area contributed by atoms with Gasteiger partial charge in [0.1, 0.15) is 43.9 Å². The number of hydrogen-bond donors (Lipinski definition) is 6. The third kappa shape index (κ3) is 11.1. The summed E-state index contributed by atoms with van der Waals surface area (Å²) in [6, 6.07) is 40.9. The Kier molecular flexibility index (Phi) is 15.4. The van der Waals surface area contributed by atoms with Gasteiger partial charge in [0, 0.05) is 16.7 Å². The number of benzene rings is 4. The van der Waals surface area contributed by atoms with Crippen LogP contribution in [-0.2, 0) is 4.74 Å². The van der Waals surface area contributed by atoms with E-state index in [1.54, 1.807) is 43.3 Å². The zero-order valence-corrected chi connectivity index (χ0v) is 34.4. The number of fused-ring (bicyclic) bond motifs is 1. The lowest BCUT2D eigenvalue weighted by atomic mass is 10.1. The number of carbonyl (C=O) groups is 2. The maximum atomic E-state index is 12.0. The van der Waals surface area contributed by atoms with Crippen LogP contribution in [0.1, 0.15) is 38.1 Å². The van der Waals surface area contributed by atoms with Gasteiger partial charge in [-0.2, -0.15) is 10.5 Å². The first-order valence-corrected chi connectivity index (χ1v) is 19.5. The van der Waals surface area contributed by atoms with E-state index >= 15 is 0 Å². The molecule has 0 saturated carbocycles. The van der Waals surface area contributed by atoms with Crippen molar-refractivity contribution < 1.29 is 14.3 Å². The highest BCUT2D eigenvalue weighted by Gasteiger charge is 2.22. The molecule has 4 aromatic carbocycles. The molecule has 0 aliphatic rings. The number of anilines is 4. The largest absolute Gasteiger partial charge is 0.462 e. The third-order valence-corrected chi connectivity index (χ3v) is 9.63. The van der Waals surface area contributed by atoms with E-state index in [1.807, 2.05) is 97.1 Å². The van der Waals surface area contributed by atoms with Crippen LogP contribution < -0.4 is 28.5 Å². The molecule has 62 heavy (non-hydrogen) atoms. The van der Waals surface area contributed by atoms with Crippen molar-refractivity contribution in [1.82, 2.24) is 29.9 Å². The Morgan fingerprint density at radius 1 is 0.726 bits per heavy atom. The molecule has 0 radical (unpaired) electrons. The normalized spacial score (nSPS) is 9.92. The maximum absolute atomic E-state index is 12.0. The first kappa shape index (κ1) is 44.5. The summed E-state index contributed by atoms with van der Waals surface area (Å²) >= 11 is 6.16. The number of H-pyrrole nitrogens is 2. The fraction of sp³-hybridized carbons (Fsp3) is 0.0455. The Morgan fingerprint density at radius 3 is 1.76 bits per heavy atom. The number of aromatic amines is 2. The van der Waals surface area contributed by atoms with Gasteiger partial charge >= 0.3 is 5.97 Å². The van der Waals surface area contributed by atoms with Gasteiger partial charge < -0.3 is 32.7 Å². The lowest BCUT2D eigenvalue weighted by Gasteiger charge is -2.05. The van der Waals surface area contributed by atoms with Crippen molar-refractivity contribution in [2.24, 2.45) is 0 Å². The third-order valence-electron chi connectivity index (χ3n) is 8.26. The summed E-state index contributed by atoms with van der Waals surface area (Å²) in [5, 5.41) is 18.6. The van der Waals surface area contributed by atoms with Crippen LogP contribution >= 0.6 is 23.6 Å². The summed E-state index contributed by atoms with van der Waals surface area (Å²) in [4.78, 5) is 55.8. The smallest absolute Gasteiger partial charge is 0.350 e. The van der Waals surface area contributed by atoms with E-state index in [2.05, 4.69) is 29.9 Å². The second-order valence-corrected chi connectivity index (χ2v) is 13.8. The summed E-state index contributed by atoms with van der Waals surface area (Å²) < 4.78 is 5.25. The van der Waals surface area contributed by atoms with Crippen molar-refractivity contribution in [3.63, 3.8) is 0 Å². The van der Waals surface area contributed by atoms with Gasteiger partial charge in [0.15, 0.2) is 5.95 Å². The number of nitriles is 2. The number of rotatable bonds is 6. The van der Waals surface area contributed by atoms with E-state index < -0.39 is 11.5 Å². The second kappa shape index (κ2) is 21.4. The van der Waals surface area contributed by atoms with Crippen LogP contribution in [0.2, 0.25) is 0 Å². The van der Waals surface area contributed by atoms with Crippen LogP contribution in [0.3, 0.4) is 0 Å². The quantitative estimate of drug-likeness (QED) is 0.0541. The van der Waals surface area contributed by atoms with E-state index in [0.717, 1.165) is 34.3 Å². The summed E-state index contributed by atoms with van der Waals surface area (Å²) in [6.07, 6.45) is 0.833. The number of nitrogens with two attached hydrogens (primary N) is 4. The summed E-state index contributed by atoms with van der Waals surface area (Å²) in [5.41, 5.74) is 27.8. The molecule has 308 valence electrons. The molecule has 10 N–H and O–H groups in total. The van der Waals surface area contributed by atoms with Crippen LogP contribution in [0.15, 0.2) is 126 Å². The Morgan fingerprint density at radius 2 is 1.24 bits per heavy atom. The van der Waals surface area contributed by atoms with Gasteiger partial charge in [0.2, 0.25) is 11.9 Å². The van der Waals surface area contributed by atoms with Gasteiger partial charge in [-0.3, -0.25) is 14.6 Å². The Labute approximate surface area is 363 Å². The van der Waals surface area contributed by atoms with E-state index in [1.165, 1.54) is 0 Å². The minimum atomic E-state index is -0.520. The molecule has 4 heterocycles.